The van der Waals surface area contributed by atoms with Crippen molar-refractivity contribution in [1.29, 1.82) is 0 Å². The molecule has 2 aromatic carbocycles. The highest BCUT2D eigenvalue weighted by atomic mass is 19.1. The number of hydrogen-bond donors (Lipinski definition) is 1. The van der Waals surface area contributed by atoms with Gasteiger partial charge in [-0.25, -0.2) is 4.39 Å². The molecule has 1 N–H and O–H groups in total. The zero-order valence-electron chi connectivity index (χ0n) is 13.5. The van der Waals surface area contributed by atoms with E-state index in [1.54, 1.807) is 49.4 Å². The Kier molecular flexibility index (Phi) is 6.37. The van der Waals surface area contributed by atoms with Crippen LogP contribution in [-0.4, -0.2) is 18.6 Å². The third-order valence-corrected chi connectivity index (χ3v) is 3.26. The third kappa shape index (κ3) is 4.84. The van der Waals surface area contributed by atoms with Gasteiger partial charge < -0.3 is 14.8 Å². The second-order valence-corrected chi connectivity index (χ2v) is 5.06. The molecule has 0 radical (unpaired) electrons. The average Bonchev–Trinajstić information content (AvgIpc) is 2.60. The molecule has 0 aromatic heterocycles. The molecule has 5 heteroatoms. The standard InChI is InChI=1S/C19H20FNO3/c1-3-13-23-15-11-9-14(10-12-15)21-19(22)17(4-2)24-18-8-6-5-7-16(18)20/h3,5-12,17H,1,4,13H2,2H3,(H,21,22)/t17-/m0/s1. The van der Waals surface area contributed by atoms with E-state index >= 15 is 0 Å². The maximum atomic E-state index is 13.6. The van der Waals surface area contributed by atoms with Crippen molar-refractivity contribution >= 4 is 11.6 Å². The molecule has 0 saturated heterocycles. The summed E-state index contributed by atoms with van der Waals surface area (Å²) in [6, 6.07) is 13.0. The molecule has 2 rings (SSSR count). The van der Waals surface area contributed by atoms with E-state index in [-0.39, 0.29) is 11.7 Å². The molecule has 0 aliphatic heterocycles. The minimum absolute atomic E-state index is 0.0627. The van der Waals surface area contributed by atoms with Crippen LogP contribution in [0.2, 0.25) is 0 Å². The number of halogens is 1. The van der Waals surface area contributed by atoms with E-state index in [0.29, 0.717) is 24.5 Å². The molecule has 0 saturated carbocycles. The summed E-state index contributed by atoms with van der Waals surface area (Å²) in [5, 5.41) is 2.75. The lowest BCUT2D eigenvalue weighted by atomic mass is 10.2. The molecule has 0 heterocycles. The molecule has 126 valence electrons. The number of anilines is 1. The fourth-order valence-corrected chi connectivity index (χ4v) is 2.03. The molecule has 0 unspecified atom stereocenters. The summed E-state index contributed by atoms with van der Waals surface area (Å²) in [6.07, 6.45) is 1.29. The summed E-state index contributed by atoms with van der Waals surface area (Å²) < 4.78 is 24.5. The summed E-state index contributed by atoms with van der Waals surface area (Å²) in [7, 11) is 0. The number of amides is 1. The summed E-state index contributed by atoms with van der Waals surface area (Å²) in [6.45, 7) is 5.80. The highest BCUT2D eigenvalue weighted by Crippen LogP contribution is 2.20. The van der Waals surface area contributed by atoms with Crippen LogP contribution in [0, 0.1) is 5.82 Å². The van der Waals surface area contributed by atoms with E-state index < -0.39 is 11.9 Å². The summed E-state index contributed by atoms with van der Waals surface area (Å²) in [5.74, 6) is -0.0804. The molecule has 0 aliphatic rings. The Morgan fingerprint density at radius 1 is 1.25 bits per heavy atom. The zero-order valence-corrected chi connectivity index (χ0v) is 13.5. The number of nitrogens with one attached hydrogen (secondary N) is 1. The van der Waals surface area contributed by atoms with Crippen LogP contribution in [0.4, 0.5) is 10.1 Å². The third-order valence-electron chi connectivity index (χ3n) is 3.26. The van der Waals surface area contributed by atoms with Gasteiger partial charge in [-0.2, -0.15) is 0 Å². The molecule has 0 aliphatic carbocycles. The Bertz CT molecular complexity index is 685. The summed E-state index contributed by atoms with van der Waals surface area (Å²) in [5.41, 5.74) is 0.613. The number of carbonyl (C=O) groups is 1. The lowest BCUT2D eigenvalue weighted by molar-refractivity contribution is -0.122. The van der Waals surface area contributed by atoms with Crippen molar-refractivity contribution in [2.45, 2.75) is 19.4 Å². The number of benzene rings is 2. The van der Waals surface area contributed by atoms with E-state index in [9.17, 15) is 9.18 Å². The quantitative estimate of drug-likeness (QED) is 0.739. The van der Waals surface area contributed by atoms with Crippen molar-refractivity contribution in [1.82, 2.24) is 0 Å². The van der Waals surface area contributed by atoms with Crippen molar-refractivity contribution in [3.63, 3.8) is 0 Å². The van der Waals surface area contributed by atoms with Crippen molar-refractivity contribution in [3.05, 3.63) is 67.0 Å². The molecule has 24 heavy (non-hydrogen) atoms. The highest BCUT2D eigenvalue weighted by molar-refractivity contribution is 5.94. The van der Waals surface area contributed by atoms with E-state index in [1.165, 1.54) is 12.1 Å². The highest BCUT2D eigenvalue weighted by Gasteiger charge is 2.20. The molecule has 0 fully saturated rings. The first-order valence-electron chi connectivity index (χ1n) is 7.69. The number of ether oxygens (including phenoxy) is 2. The molecule has 1 atom stereocenters. The Morgan fingerprint density at radius 3 is 2.58 bits per heavy atom. The zero-order chi connectivity index (χ0) is 17.4. The van der Waals surface area contributed by atoms with Crippen LogP contribution in [0.15, 0.2) is 61.2 Å². The second kappa shape index (κ2) is 8.72. The van der Waals surface area contributed by atoms with E-state index in [0.717, 1.165) is 0 Å². The van der Waals surface area contributed by atoms with Gasteiger partial charge in [0.25, 0.3) is 5.91 Å². The van der Waals surface area contributed by atoms with Gasteiger partial charge >= 0.3 is 0 Å². The van der Waals surface area contributed by atoms with Crippen molar-refractivity contribution in [3.8, 4) is 11.5 Å². The predicted molar refractivity (Wildman–Crippen MR) is 91.9 cm³/mol. The number of hydrogen-bond acceptors (Lipinski definition) is 3. The van der Waals surface area contributed by atoms with Gasteiger partial charge in [-0.05, 0) is 42.8 Å². The van der Waals surface area contributed by atoms with Gasteiger partial charge in [-0.15, -0.1) is 0 Å². The van der Waals surface area contributed by atoms with Crippen LogP contribution < -0.4 is 14.8 Å². The lowest BCUT2D eigenvalue weighted by Crippen LogP contribution is -2.32. The molecule has 1 amide bonds. The minimum atomic E-state index is -0.779. The maximum absolute atomic E-state index is 13.6. The van der Waals surface area contributed by atoms with Gasteiger partial charge in [0.05, 0.1) is 0 Å². The Morgan fingerprint density at radius 2 is 1.96 bits per heavy atom. The van der Waals surface area contributed by atoms with Gasteiger partial charge in [0.15, 0.2) is 17.7 Å². The van der Waals surface area contributed by atoms with Crippen LogP contribution in [0.25, 0.3) is 0 Å². The molecule has 0 spiro atoms. The largest absolute Gasteiger partial charge is 0.490 e. The van der Waals surface area contributed by atoms with Crippen molar-refractivity contribution < 1.29 is 18.7 Å². The van der Waals surface area contributed by atoms with Crippen LogP contribution in [0.3, 0.4) is 0 Å². The Balaban J connectivity index is 1.98. The normalized spacial score (nSPS) is 11.4. The Hall–Kier alpha value is -2.82. The van der Waals surface area contributed by atoms with Gasteiger partial charge in [0.1, 0.15) is 12.4 Å². The van der Waals surface area contributed by atoms with Crippen LogP contribution in [0.5, 0.6) is 11.5 Å². The first-order valence-corrected chi connectivity index (χ1v) is 7.69. The molecular formula is C19H20FNO3. The van der Waals surface area contributed by atoms with Crippen LogP contribution in [0.1, 0.15) is 13.3 Å². The molecule has 4 nitrogen and oxygen atoms in total. The van der Waals surface area contributed by atoms with Gasteiger partial charge in [0, 0.05) is 5.69 Å². The van der Waals surface area contributed by atoms with E-state index in [1.807, 2.05) is 0 Å². The topological polar surface area (TPSA) is 47.6 Å². The first-order chi connectivity index (χ1) is 11.6. The average molecular weight is 329 g/mol. The molecular weight excluding hydrogens is 309 g/mol. The lowest BCUT2D eigenvalue weighted by Gasteiger charge is -2.17. The first kappa shape index (κ1) is 17.5. The smallest absolute Gasteiger partial charge is 0.265 e. The van der Waals surface area contributed by atoms with E-state index in [2.05, 4.69) is 11.9 Å². The number of para-hydroxylation sites is 1. The number of carbonyl (C=O) groups excluding carboxylic acids is 1. The van der Waals surface area contributed by atoms with Crippen molar-refractivity contribution in [2.75, 3.05) is 11.9 Å². The maximum Gasteiger partial charge on any atom is 0.265 e. The minimum Gasteiger partial charge on any atom is -0.490 e. The van der Waals surface area contributed by atoms with E-state index in [4.69, 9.17) is 9.47 Å². The Labute approximate surface area is 140 Å². The summed E-state index contributed by atoms with van der Waals surface area (Å²) in [4.78, 5) is 12.3. The van der Waals surface area contributed by atoms with Gasteiger partial charge in [-0.3, -0.25) is 4.79 Å². The second-order valence-electron chi connectivity index (χ2n) is 5.06. The van der Waals surface area contributed by atoms with Crippen LogP contribution >= 0.6 is 0 Å². The SMILES string of the molecule is C=CCOc1ccc(NC(=O)[C@H](CC)Oc2ccccc2F)cc1. The predicted octanol–water partition coefficient (Wildman–Crippen LogP) is 4.19. The van der Waals surface area contributed by atoms with Crippen molar-refractivity contribution in [2.24, 2.45) is 0 Å². The number of rotatable bonds is 8. The summed E-state index contributed by atoms with van der Waals surface area (Å²) >= 11 is 0. The van der Waals surface area contributed by atoms with Crippen LogP contribution in [-0.2, 0) is 4.79 Å². The monoisotopic (exact) mass is 329 g/mol. The molecule has 0 bridgehead atoms. The molecule has 2 aromatic rings. The van der Waals surface area contributed by atoms with Gasteiger partial charge in [0.2, 0.25) is 0 Å². The fraction of sp³-hybridized carbons (Fsp3) is 0.211. The fourth-order valence-electron chi connectivity index (χ4n) is 2.03. The van der Waals surface area contributed by atoms with Gasteiger partial charge in [-0.1, -0.05) is 31.7 Å².